The van der Waals surface area contributed by atoms with Gasteiger partial charge in [0.05, 0.1) is 22.8 Å². The molecule has 2 rings (SSSR count). The van der Waals surface area contributed by atoms with E-state index in [-0.39, 0.29) is 6.10 Å². The van der Waals surface area contributed by atoms with Gasteiger partial charge in [-0.25, -0.2) is 4.98 Å². The van der Waals surface area contributed by atoms with Crippen molar-refractivity contribution < 1.29 is 5.11 Å². The van der Waals surface area contributed by atoms with Crippen LogP contribution in [0.1, 0.15) is 19.0 Å². The predicted molar refractivity (Wildman–Crippen MR) is 59.5 cm³/mol. The monoisotopic (exact) mass is 202 g/mol. The van der Waals surface area contributed by atoms with E-state index >= 15 is 0 Å². The number of aryl methyl sites for hydroxylation is 1. The van der Waals surface area contributed by atoms with E-state index in [9.17, 15) is 5.11 Å². The highest BCUT2D eigenvalue weighted by Crippen LogP contribution is 2.09. The Labute approximate surface area is 88.8 Å². The Balaban J connectivity index is 2.23. The lowest BCUT2D eigenvalue weighted by molar-refractivity contribution is 0.184. The summed E-state index contributed by atoms with van der Waals surface area (Å²) in [6.45, 7) is 1.79. The minimum absolute atomic E-state index is 0.279. The first-order chi connectivity index (χ1) is 7.25. The molecular weight excluding hydrogens is 188 g/mol. The van der Waals surface area contributed by atoms with Gasteiger partial charge in [-0.1, -0.05) is 12.1 Å². The van der Waals surface area contributed by atoms with Crippen LogP contribution < -0.4 is 0 Å². The fraction of sp³-hybridized carbons (Fsp3) is 0.333. The molecule has 0 fully saturated rings. The first-order valence-electron chi connectivity index (χ1n) is 5.14. The Morgan fingerprint density at radius 2 is 2.00 bits per heavy atom. The molecule has 0 bridgehead atoms. The number of hydrogen-bond acceptors (Lipinski definition) is 3. The molecule has 0 amide bonds. The third-order valence-corrected chi connectivity index (χ3v) is 2.32. The molecule has 0 aliphatic carbocycles. The highest BCUT2D eigenvalue weighted by Gasteiger charge is 2.01. The molecule has 1 heterocycles. The Hall–Kier alpha value is -1.48. The first-order valence-corrected chi connectivity index (χ1v) is 5.14. The average molecular weight is 202 g/mol. The minimum Gasteiger partial charge on any atom is -0.393 e. The topological polar surface area (TPSA) is 46.0 Å². The van der Waals surface area contributed by atoms with Crippen molar-refractivity contribution in [2.75, 3.05) is 0 Å². The number of rotatable bonds is 3. The van der Waals surface area contributed by atoms with Gasteiger partial charge in [-0.15, -0.1) is 0 Å². The van der Waals surface area contributed by atoms with Crippen LogP contribution in [0, 0.1) is 0 Å². The number of nitrogens with zero attached hydrogens (tertiary/aromatic N) is 2. The van der Waals surface area contributed by atoms with Crippen LogP contribution in [0.2, 0.25) is 0 Å². The third kappa shape index (κ3) is 2.50. The molecule has 2 aromatic rings. The second-order valence-corrected chi connectivity index (χ2v) is 3.74. The zero-order chi connectivity index (χ0) is 10.7. The molecule has 1 unspecified atom stereocenters. The maximum Gasteiger partial charge on any atom is 0.0890 e. The molecular formula is C12H14N2O. The Morgan fingerprint density at radius 3 is 2.73 bits per heavy atom. The molecule has 0 spiro atoms. The summed E-state index contributed by atoms with van der Waals surface area (Å²) in [6, 6.07) is 7.80. The summed E-state index contributed by atoms with van der Waals surface area (Å²) < 4.78 is 0. The molecule has 0 saturated carbocycles. The Morgan fingerprint density at radius 1 is 1.27 bits per heavy atom. The molecule has 3 nitrogen and oxygen atoms in total. The van der Waals surface area contributed by atoms with E-state index in [1.54, 1.807) is 13.1 Å². The number of benzene rings is 1. The molecule has 15 heavy (non-hydrogen) atoms. The molecule has 1 atom stereocenters. The minimum atomic E-state index is -0.279. The lowest BCUT2D eigenvalue weighted by Gasteiger charge is -2.04. The fourth-order valence-electron chi connectivity index (χ4n) is 1.47. The number of aromatic nitrogens is 2. The van der Waals surface area contributed by atoms with Crippen molar-refractivity contribution in [2.45, 2.75) is 25.9 Å². The first kappa shape index (κ1) is 10.1. The van der Waals surface area contributed by atoms with Crippen molar-refractivity contribution in [1.82, 2.24) is 9.97 Å². The Bertz CT molecular complexity index is 454. The maximum absolute atomic E-state index is 9.18. The van der Waals surface area contributed by atoms with Crippen LogP contribution in [0.25, 0.3) is 11.0 Å². The lowest BCUT2D eigenvalue weighted by Crippen LogP contribution is -2.03. The van der Waals surface area contributed by atoms with Crippen LogP contribution in [0.5, 0.6) is 0 Å². The van der Waals surface area contributed by atoms with Gasteiger partial charge in [0.15, 0.2) is 0 Å². The van der Waals surface area contributed by atoms with Crippen LogP contribution in [0.15, 0.2) is 30.5 Å². The maximum atomic E-state index is 9.18. The van der Waals surface area contributed by atoms with Gasteiger partial charge in [0, 0.05) is 6.20 Å². The highest BCUT2D eigenvalue weighted by molar-refractivity contribution is 5.73. The van der Waals surface area contributed by atoms with E-state index < -0.39 is 0 Å². The van der Waals surface area contributed by atoms with Crippen molar-refractivity contribution in [3.8, 4) is 0 Å². The van der Waals surface area contributed by atoms with Crippen LogP contribution in [0.3, 0.4) is 0 Å². The van der Waals surface area contributed by atoms with E-state index in [4.69, 9.17) is 0 Å². The molecule has 3 heteroatoms. The van der Waals surface area contributed by atoms with E-state index in [2.05, 4.69) is 9.97 Å². The van der Waals surface area contributed by atoms with Gasteiger partial charge in [0.1, 0.15) is 0 Å². The number of hydrogen-bond donors (Lipinski definition) is 1. The largest absolute Gasteiger partial charge is 0.393 e. The van der Waals surface area contributed by atoms with Gasteiger partial charge in [-0.3, -0.25) is 4.98 Å². The van der Waals surface area contributed by atoms with Crippen LogP contribution in [-0.2, 0) is 6.42 Å². The second-order valence-electron chi connectivity index (χ2n) is 3.74. The summed E-state index contributed by atoms with van der Waals surface area (Å²) in [7, 11) is 0. The van der Waals surface area contributed by atoms with Gasteiger partial charge < -0.3 is 5.11 Å². The molecule has 0 saturated heterocycles. The molecule has 1 aromatic carbocycles. The summed E-state index contributed by atoms with van der Waals surface area (Å²) >= 11 is 0. The van der Waals surface area contributed by atoms with Crippen LogP contribution in [0.4, 0.5) is 0 Å². The Kier molecular flexibility index (Phi) is 2.92. The highest BCUT2D eigenvalue weighted by atomic mass is 16.3. The quantitative estimate of drug-likeness (QED) is 0.827. The molecule has 0 aliphatic rings. The predicted octanol–water partition coefficient (Wildman–Crippen LogP) is 1.94. The average Bonchev–Trinajstić information content (AvgIpc) is 2.26. The molecule has 0 aliphatic heterocycles. The van der Waals surface area contributed by atoms with Gasteiger partial charge in [0.2, 0.25) is 0 Å². The van der Waals surface area contributed by atoms with Gasteiger partial charge >= 0.3 is 0 Å². The number of aliphatic hydroxyl groups is 1. The van der Waals surface area contributed by atoms with Crippen LogP contribution >= 0.6 is 0 Å². The zero-order valence-electron chi connectivity index (χ0n) is 8.72. The van der Waals surface area contributed by atoms with E-state index in [1.165, 1.54) is 0 Å². The van der Waals surface area contributed by atoms with Crippen molar-refractivity contribution in [3.63, 3.8) is 0 Å². The molecule has 1 N–H and O–H groups in total. The lowest BCUT2D eigenvalue weighted by atomic mass is 10.2. The van der Waals surface area contributed by atoms with Crippen molar-refractivity contribution in [3.05, 3.63) is 36.2 Å². The van der Waals surface area contributed by atoms with E-state index in [1.807, 2.05) is 24.3 Å². The molecule has 78 valence electrons. The second kappa shape index (κ2) is 4.36. The summed E-state index contributed by atoms with van der Waals surface area (Å²) in [4.78, 5) is 8.79. The van der Waals surface area contributed by atoms with Gasteiger partial charge in [-0.05, 0) is 31.9 Å². The molecule has 1 aromatic heterocycles. The zero-order valence-corrected chi connectivity index (χ0v) is 8.72. The van der Waals surface area contributed by atoms with E-state index in [0.717, 1.165) is 29.6 Å². The van der Waals surface area contributed by atoms with E-state index in [0.29, 0.717) is 0 Å². The van der Waals surface area contributed by atoms with Crippen LogP contribution in [-0.4, -0.2) is 21.2 Å². The number of fused-ring (bicyclic) bond motifs is 1. The van der Waals surface area contributed by atoms with Gasteiger partial charge in [-0.2, -0.15) is 0 Å². The number of para-hydroxylation sites is 2. The third-order valence-electron chi connectivity index (χ3n) is 2.32. The van der Waals surface area contributed by atoms with Crippen molar-refractivity contribution in [1.29, 1.82) is 0 Å². The summed E-state index contributed by atoms with van der Waals surface area (Å²) in [5.41, 5.74) is 2.77. The molecule has 0 radical (unpaired) electrons. The van der Waals surface area contributed by atoms with Crippen molar-refractivity contribution >= 4 is 11.0 Å². The van der Waals surface area contributed by atoms with Crippen molar-refractivity contribution in [2.24, 2.45) is 0 Å². The summed E-state index contributed by atoms with van der Waals surface area (Å²) in [6.07, 6.45) is 3.01. The normalized spacial score (nSPS) is 12.9. The summed E-state index contributed by atoms with van der Waals surface area (Å²) in [5, 5.41) is 9.18. The number of aliphatic hydroxyl groups excluding tert-OH is 1. The van der Waals surface area contributed by atoms with Gasteiger partial charge in [0.25, 0.3) is 0 Å². The summed E-state index contributed by atoms with van der Waals surface area (Å²) in [5.74, 6) is 0. The standard InChI is InChI=1S/C12H14N2O/c1-9(15)6-7-10-8-13-11-4-2-3-5-12(11)14-10/h2-5,8-9,15H,6-7H2,1H3. The smallest absolute Gasteiger partial charge is 0.0890 e. The SMILES string of the molecule is CC(O)CCc1cnc2ccccc2n1. The fourth-order valence-corrected chi connectivity index (χ4v) is 1.47.